The van der Waals surface area contributed by atoms with E-state index in [-0.39, 0.29) is 97.0 Å². The molecule has 17 nitrogen and oxygen atoms in total. The Morgan fingerprint density at radius 2 is 1.44 bits per heavy atom. The van der Waals surface area contributed by atoms with Crippen molar-refractivity contribution in [3.05, 3.63) is 65.3 Å². The Labute approximate surface area is 354 Å². The monoisotopic (exact) mass is 819 g/mol. The Bertz CT molecular complexity index is 2700. The van der Waals surface area contributed by atoms with Crippen molar-refractivity contribution in [3.8, 4) is 5.75 Å². The van der Waals surface area contributed by atoms with Crippen molar-refractivity contribution in [2.45, 2.75) is 26.8 Å². The van der Waals surface area contributed by atoms with Crippen molar-refractivity contribution in [1.29, 1.82) is 0 Å². The molecule has 0 aliphatic carbocycles. The molecule has 0 amide bonds. The number of phenols is 1. The van der Waals surface area contributed by atoms with Gasteiger partial charge in [-0.1, -0.05) is 41.9 Å². The minimum absolute atomic E-state index is 0. The average Bonchev–Trinajstić information content (AvgIpc) is 2.96. The number of anilines is 2. The van der Waals surface area contributed by atoms with Crippen LogP contribution < -0.4 is 86.3 Å². The molecule has 0 aliphatic rings. The molecule has 1 aromatic heterocycles. The van der Waals surface area contributed by atoms with Gasteiger partial charge in [-0.05, 0) is 42.0 Å². The number of nitrogens with zero attached hydrogens (tertiary/aromatic N) is 4. The number of hydrogen-bond acceptors (Lipinski definition) is 14. The Balaban J connectivity index is 0.00000338. The van der Waals surface area contributed by atoms with Crippen LogP contribution in [0.1, 0.15) is 5.69 Å². The zero-order valence-electron chi connectivity index (χ0n) is 26.1. The summed E-state index contributed by atoms with van der Waals surface area (Å²) in [6.45, 7) is 1.33. The summed E-state index contributed by atoms with van der Waals surface area (Å²) in [7, 11) is -19.3. The standard InChI is InChI=1S/C26H20ClN5O12S4.K.Na/c1-12-21(27)25(30-26(28-12)45(2,34)35)29-18-11-15(46(36,37)38)9-14-10-19(47(39,40)41)22(23(33)20(14)18)32-31-17-8-7-13-5-3-4-6-16(13)24(17)48(42,43)44;;/h3-11,33H,1-2H3,(H,28,29,30)(H,36,37,38)(H,39,40,41)(H,42,43,44);;/q;2*+1. The number of rotatable bonds is 8. The molecule has 24 heteroatoms. The molecule has 0 spiro atoms. The van der Waals surface area contributed by atoms with Gasteiger partial charge in [0.15, 0.2) is 11.6 Å². The van der Waals surface area contributed by atoms with Crippen LogP contribution in [0.5, 0.6) is 5.75 Å². The van der Waals surface area contributed by atoms with E-state index in [1.165, 1.54) is 31.2 Å². The van der Waals surface area contributed by atoms with Crippen LogP contribution in [0.25, 0.3) is 21.5 Å². The number of sulfone groups is 1. The van der Waals surface area contributed by atoms with Gasteiger partial charge in [0.2, 0.25) is 15.0 Å². The summed E-state index contributed by atoms with van der Waals surface area (Å²) in [6.07, 6.45) is 0.802. The van der Waals surface area contributed by atoms with Gasteiger partial charge in [-0.2, -0.15) is 30.2 Å². The van der Waals surface area contributed by atoms with E-state index < -0.39 is 99.4 Å². The van der Waals surface area contributed by atoms with Crippen molar-refractivity contribution in [2.75, 3.05) is 11.6 Å². The SMILES string of the molecule is Cc1nc(S(C)(=O)=O)nc(Nc2cc(S(=O)(=O)O)cc3cc(S(=O)(=O)O)c(N=Nc4ccc5ccccc5c4S(=O)(=O)O)c(O)c23)c1Cl.[K+].[Na+]. The largest absolute Gasteiger partial charge is 1.00 e. The zero-order valence-corrected chi connectivity index (χ0v) is 35.2. The van der Waals surface area contributed by atoms with Crippen LogP contribution in [0.2, 0.25) is 5.02 Å². The normalized spacial score (nSPS) is 12.5. The maximum absolute atomic E-state index is 12.5. The van der Waals surface area contributed by atoms with Gasteiger partial charge in [-0.15, -0.1) is 10.2 Å². The van der Waals surface area contributed by atoms with Crippen LogP contribution in [-0.4, -0.2) is 68.7 Å². The summed E-state index contributed by atoms with van der Waals surface area (Å²) < 4.78 is 128. The summed E-state index contributed by atoms with van der Waals surface area (Å²) in [6, 6.07) is 10.7. The van der Waals surface area contributed by atoms with Gasteiger partial charge in [0.1, 0.15) is 26.2 Å². The number of fused-ring (bicyclic) bond motifs is 2. The number of halogens is 1. The van der Waals surface area contributed by atoms with Gasteiger partial charge in [0.05, 0.1) is 16.3 Å². The fraction of sp³-hybridized carbons (Fsp3) is 0.0769. The molecular formula is C26H20ClKN5NaO12S4+2. The number of hydrogen-bond donors (Lipinski definition) is 5. The predicted molar refractivity (Wildman–Crippen MR) is 171 cm³/mol. The molecule has 0 aliphatic heterocycles. The summed E-state index contributed by atoms with van der Waals surface area (Å²) in [5.74, 6) is -1.51. The van der Waals surface area contributed by atoms with E-state index >= 15 is 0 Å². The second-order valence-corrected chi connectivity index (χ2v) is 16.5. The van der Waals surface area contributed by atoms with E-state index in [0.29, 0.717) is 11.5 Å². The molecule has 0 bridgehead atoms. The minimum atomic E-state index is -5.30. The summed E-state index contributed by atoms with van der Waals surface area (Å²) >= 11 is 6.28. The number of nitrogens with one attached hydrogen (secondary N) is 1. The number of benzene rings is 4. The minimum Gasteiger partial charge on any atom is -0.505 e. The number of aromatic hydroxyl groups is 1. The zero-order chi connectivity index (χ0) is 35.6. The fourth-order valence-corrected chi connectivity index (χ4v) is 7.32. The van der Waals surface area contributed by atoms with Crippen molar-refractivity contribution in [2.24, 2.45) is 10.2 Å². The summed E-state index contributed by atoms with van der Waals surface area (Å²) in [5.41, 5.74) is -1.99. The Morgan fingerprint density at radius 3 is 2.02 bits per heavy atom. The molecule has 1 heterocycles. The van der Waals surface area contributed by atoms with Crippen molar-refractivity contribution < 1.29 is 133 Å². The molecule has 5 rings (SSSR count). The number of azo groups is 1. The van der Waals surface area contributed by atoms with Crippen LogP contribution >= 0.6 is 11.6 Å². The Hall–Kier alpha value is -1.71. The van der Waals surface area contributed by atoms with Gasteiger partial charge in [-0.3, -0.25) is 13.7 Å². The third-order valence-electron chi connectivity index (χ3n) is 6.65. The quantitative estimate of drug-likeness (QED) is 0.0530. The van der Waals surface area contributed by atoms with E-state index in [0.717, 1.165) is 24.5 Å². The first-order valence-corrected chi connectivity index (χ1v) is 19.4. The molecule has 0 atom stereocenters. The van der Waals surface area contributed by atoms with Gasteiger partial charge < -0.3 is 10.4 Å². The molecular weight excluding hydrogens is 800 g/mol. The molecule has 5 aromatic rings. The van der Waals surface area contributed by atoms with Crippen LogP contribution in [0, 0.1) is 6.92 Å². The molecule has 0 fully saturated rings. The maximum atomic E-state index is 12.5. The van der Waals surface area contributed by atoms with Gasteiger partial charge in [-0.25, -0.2) is 13.4 Å². The van der Waals surface area contributed by atoms with Crippen LogP contribution in [0.3, 0.4) is 0 Å². The van der Waals surface area contributed by atoms with E-state index in [1.54, 1.807) is 6.07 Å². The second kappa shape index (κ2) is 15.3. The van der Waals surface area contributed by atoms with E-state index in [9.17, 15) is 52.4 Å². The van der Waals surface area contributed by atoms with Crippen LogP contribution in [-0.2, 0) is 40.2 Å². The molecule has 0 saturated carbocycles. The molecule has 252 valence electrons. The number of aromatic nitrogens is 2. The average molecular weight is 820 g/mol. The first-order chi connectivity index (χ1) is 22.1. The number of aryl methyl sites for hydroxylation is 1. The molecule has 4 aromatic carbocycles. The molecule has 5 N–H and O–H groups in total. The van der Waals surface area contributed by atoms with E-state index in [4.69, 9.17) is 11.6 Å². The third kappa shape index (κ3) is 8.90. The molecule has 0 radical (unpaired) electrons. The Kier molecular flexibility index (Phi) is 13.1. The van der Waals surface area contributed by atoms with E-state index in [1.807, 2.05) is 0 Å². The smallest absolute Gasteiger partial charge is 0.505 e. The van der Waals surface area contributed by atoms with Crippen LogP contribution in [0.15, 0.2) is 84.7 Å². The fourth-order valence-electron chi connectivity index (χ4n) is 4.60. The number of phenolic OH excluding ortho intramolecular Hbond substituents is 1. The van der Waals surface area contributed by atoms with Gasteiger partial charge in [0, 0.05) is 17.0 Å². The predicted octanol–water partition coefficient (Wildman–Crippen LogP) is -1.24. The summed E-state index contributed by atoms with van der Waals surface area (Å²) in [4.78, 5) is 4.93. The van der Waals surface area contributed by atoms with Crippen molar-refractivity contribution in [3.63, 3.8) is 0 Å². The van der Waals surface area contributed by atoms with Gasteiger partial charge >= 0.3 is 80.9 Å². The first kappa shape index (κ1) is 42.7. The Morgan fingerprint density at radius 1 is 0.800 bits per heavy atom. The van der Waals surface area contributed by atoms with Gasteiger partial charge in [0.25, 0.3) is 30.4 Å². The van der Waals surface area contributed by atoms with Crippen molar-refractivity contribution >= 4 is 96.2 Å². The summed E-state index contributed by atoms with van der Waals surface area (Å²) in [5, 5.41) is 20.0. The molecule has 0 unspecified atom stereocenters. The van der Waals surface area contributed by atoms with Crippen LogP contribution in [0.4, 0.5) is 22.9 Å². The molecule has 0 saturated heterocycles. The topological polar surface area (TPSA) is 280 Å². The second-order valence-electron chi connectivity index (χ2n) is 10.1. The third-order valence-corrected chi connectivity index (χ3v) is 10.6. The van der Waals surface area contributed by atoms with E-state index in [2.05, 4.69) is 25.5 Å². The van der Waals surface area contributed by atoms with Crippen molar-refractivity contribution in [1.82, 2.24) is 9.97 Å². The maximum Gasteiger partial charge on any atom is 1.00 e. The molecule has 50 heavy (non-hydrogen) atoms. The first-order valence-electron chi connectivity index (χ1n) is 12.8.